The molecule has 4 rings (SSSR count). The summed E-state index contributed by atoms with van der Waals surface area (Å²) in [5, 5.41) is 11.6. The summed E-state index contributed by atoms with van der Waals surface area (Å²) in [4.78, 5) is 28.5. The molecule has 150 valence electrons. The maximum Gasteiger partial charge on any atom is 0.289 e. The number of hydrogen-bond acceptors (Lipinski definition) is 6. The number of carbonyl (C=O) groups is 1. The molecule has 0 bridgehead atoms. The highest BCUT2D eigenvalue weighted by Gasteiger charge is 2.14. The van der Waals surface area contributed by atoms with Gasteiger partial charge in [-0.15, -0.1) is 17.8 Å². The molecule has 0 spiro atoms. The van der Waals surface area contributed by atoms with Crippen LogP contribution in [0, 0.1) is 22.5 Å². The fourth-order valence-corrected chi connectivity index (χ4v) is 5.01. The molecule has 0 unspecified atom stereocenters. The molecular formula is C21H15N3O4S2. The molecule has 4 aromatic rings. The molecule has 9 heteroatoms. The van der Waals surface area contributed by atoms with Crippen molar-refractivity contribution in [2.24, 2.45) is 4.99 Å². The van der Waals surface area contributed by atoms with E-state index in [-0.39, 0.29) is 12.2 Å². The van der Waals surface area contributed by atoms with E-state index in [9.17, 15) is 14.9 Å². The third-order valence-electron chi connectivity index (χ3n) is 4.33. The van der Waals surface area contributed by atoms with Gasteiger partial charge < -0.3 is 9.30 Å². The number of aromatic nitrogens is 1. The van der Waals surface area contributed by atoms with Crippen molar-refractivity contribution in [3.63, 3.8) is 0 Å². The first-order valence-electron chi connectivity index (χ1n) is 8.97. The summed E-state index contributed by atoms with van der Waals surface area (Å²) < 4.78 is 9.06. The number of terminal acetylenes is 1. The minimum Gasteiger partial charge on any atom is -0.494 e. The number of non-ortho nitro benzene ring substituents is 1. The van der Waals surface area contributed by atoms with Crippen molar-refractivity contribution >= 4 is 54.6 Å². The van der Waals surface area contributed by atoms with E-state index < -0.39 is 10.8 Å². The Morgan fingerprint density at radius 3 is 2.80 bits per heavy atom. The molecule has 0 aliphatic rings. The monoisotopic (exact) mass is 437 g/mol. The minimum atomic E-state index is -0.459. The van der Waals surface area contributed by atoms with Crippen LogP contribution in [0.4, 0.5) is 5.69 Å². The van der Waals surface area contributed by atoms with Gasteiger partial charge in [0.2, 0.25) is 0 Å². The van der Waals surface area contributed by atoms with Crippen molar-refractivity contribution in [2.75, 3.05) is 6.61 Å². The maximum absolute atomic E-state index is 12.8. The fraction of sp³-hybridized carbons (Fsp3) is 0.143. The quantitative estimate of drug-likeness (QED) is 0.259. The summed E-state index contributed by atoms with van der Waals surface area (Å²) in [5.74, 6) is 2.92. The Balaban J connectivity index is 1.78. The van der Waals surface area contributed by atoms with Gasteiger partial charge in [0, 0.05) is 22.2 Å². The minimum absolute atomic E-state index is 0.0160. The molecule has 0 N–H and O–H groups in total. The Kier molecular flexibility index (Phi) is 5.35. The van der Waals surface area contributed by atoms with E-state index >= 15 is 0 Å². The van der Waals surface area contributed by atoms with Crippen molar-refractivity contribution in [1.29, 1.82) is 0 Å². The lowest BCUT2D eigenvalue weighted by molar-refractivity contribution is -0.384. The number of fused-ring (bicyclic) bond motifs is 2. The first kappa shape index (κ1) is 19.8. The third kappa shape index (κ3) is 3.70. The van der Waals surface area contributed by atoms with E-state index in [0.29, 0.717) is 21.7 Å². The molecule has 2 heterocycles. The molecule has 0 aliphatic heterocycles. The van der Waals surface area contributed by atoms with E-state index in [2.05, 4.69) is 10.9 Å². The smallest absolute Gasteiger partial charge is 0.289 e. The van der Waals surface area contributed by atoms with Gasteiger partial charge in [0.1, 0.15) is 5.75 Å². The van der Waals surface area contributed by atoms with E-state index in [1.54, 1.807) is 12.1 Å². The molecule has 2 aromatic heterocycles. The van der Waals surface area contributed by atoms with Crippen molar-refractivity contribution in [3.8, 4) is 18.1 Å². The zero-order valence-electron chi connectivity index (χ0n) is 15.8. The highest BCUT2D eigenvalue weighted by Crippen LogP contribution is 2.29. The van der Waals surface area contributed by atoms with Crippen molar-refractivity contribution in [2.45, 2.75) is 13.5 Å². The second-order valence-electron chi connectivity index (χ2n) is 6.24. The van der Waals surface area contributed by atoms with E-state index in [1.165, 1.54) is 34.8 Å². The number of thiazole rings is 1. The molecule has 0 radical (unpaired) electrons. The van der Waals surface area contributed by atoms with Gasteiger partial charge in [-0.2, -0.15) is 4.99 Å². The van der Waals surface area contributed by atoms with Gasteiger partial charge in [0.05, 0.1) is 33.2 Å². The Morgan fingerprint density at radius 1 is 1.23 bits per heavy atom. The van der Waals surface area contributed by atoms with Crippen LogP contribution in [0.15, 0.2) is 47.5 Å². The van der Waals surface area contributed by atoms with Gasteiger partial charge in [-0.3, -0.25) is 14.9 Å². The maximum atomic E-state index is 12.8. The summed E-state index contributed by atoms with van der Waals surface area (Å²) >= 11 is 2.60. The van der Waals surface area contributed by atoms with Crippen LogP contribution in [0.5, 0.6) is 5.75 Å². The standard InChI is InChI=1S/C21H15N3O4S2/c1-3-9-23-16-7-6-15(28-4-2)12-18(16)30-21(23)22-20(25)19-11-13-10-14(24(26)27)5-8-17(13)29-19/h1,5-8,10-12H,4,9H2,2H3. The fourth-order valence-electron chi connectivity index (χ4n) is 3.03. The van der Waals surface area contributed by atoms with Gasteiger partial charge in [-0.05, 0) is 37.3 Å². The molecule has 0 saturated carbocycles. The molecule has 0 atom stereocenters. The summed E-state index contributed by atoms with van der Waals surface area (Å²) in [7, 11) is 0. The van der Waals surface area contributed by atoms with Gasteiger partial charge in [-0.25, -0.2) is 0 Å². The topological polar surface area (TPSA) is 86.7 Å². The van der Waals surface area contributed by atoms with Gasteiger partial charge in [-0.1, -0.05) is 17.3 Å². The third-order valence-corrected chi connectivity index (χ3v) is 6.48. The Bertz CT molecular complexity index is 1410. The zero-order chi connectivity index (χ0) is 21.3. The second kappa shape index (κ2) is 8.10. The highest BCUT2D eigenvalue weighted by atomic mass is 32.1. The summed E-state index contributed by atoms with van der Waals surface area (Å²) in [6, 6.07) is 11.8. The molecule has 0 saturated heterocycles. The number of nitrogens with zero attached hydrogens (tertiary/aromatic N) is 3. The number of ether oxygens (including phenoxy) is 1. The molecule has 2 aromatic carbocycles. The second-order valence-corrected chi connectivity index (χ2v) is 8.34. The predicted molar refractivity (Wildman–Crippen MR) is 118 cm³/mol. The lowest BCUT2D eigenvalue weighted by atomic mass is 10.2. The SMILES string of the molecule is C#CCn1c(=NC(=O)c2cc3cc([N+](=O)[O-])ccc3s2)sc2cc(OCC)ccc21. The first-order chi connectivity index (χ1) is 14.5. The van der Waals surface area contributed by atoms with Gasteiger partial charge in [0.15, 0.2) is 4.80 Å². The number of thiophene rings is 1. The molecular weight excluding hydrogens is 422 g/mol. The number of nitro benzene ring substituents is 1. The molecule has 1 amide bonds. The average Bonchev–Trinajstić information content (AvgIpc) is 3.29. The van der Waals surface area contributed by atoms with E-state index in [1.807, 2.05) is 29.7 Å². The van der Waals surface area contributed by atoms with Crippen LogP contribution in [0.25, 0.3) is 20.3 Å². The summed E-state index contributed by atoms with van der Waals surface area (Å²) in [6.45, 7) is 2.75. The van der Waals surface area contributed by atoms with Gasteiger partial charge >= 0.3 is 0 Å². The van der Waals surface area contributed by atoms with Crippen LogP contribution in [0.2, 0.25) is 0 Å². The van der Waals surface area contributed by atoms with Crippen molar-refractivity contribution in [1.82, 2.24) is 4.57 Å². The number of benzene rings is 2. The lowest BCUT2D eigenvalue weighted by Crippen LogP contribution is -2.16. The zero-order valence-corrected chi connectivity index (χ0v) is 17.5. The first-order valence-corrected chi connectivity index (χ1v) is 10.6. The average molecular weight is 438 g/mol. The van der Waals surface area contributed by atoms with Crippen LogP contribution < -0.4 is 9.54 Å². The lowest BCUT2D eigenvalue weighted by Gasteiger charge is -2.03. The number of amides is 1. The number of carbonyl (C=O) groups excluding carboxylic acids is 1. The molecule has 0 fully saturated rings. The Hall–Kier alpha value is -3.48. The summed E-state index contributed by atoms with van der Waals surface area (Å²) in [5.41, 5.74) is 0.859. The van der Waals surface area contributed by atoms with Crippen LogP contribution in [-0.2, 0) is 6.54 Å². The molecule has 0 aliphatic carbocycles. The predicted octanol–water partition coefficient (Wildman–Crippen LogP) is 4.60. The van der Waals surface area contributed by atoms with Crippen LogP contribution in [-0.4, -0.2) is 22.0 Å². The normalized spacial score (nSPS) is 11.7. The number of nitro groups is 1. The highest BCUT2D eigenvalue weighted by molar-refractivity contribution is 7.21. The largest absolute Gasteiger partial charge is 0.494 e. The van der Waals surface area contributed by atoms with Gasteiger partial charge in [0.25, 0.3) is 11.6 Å². The van der Waals surface area contributed by atoms with Crippen molar-refractivity contribution in [3.05, 3.63) is 62.3 Å². The van der Waals surface area contributed by atoms with Crippen molar-refractivity contribution < 1.29 is 14.5 Å². The molecule has 7 nitrogen and oxygen atoms in total. The summed E-state index contributed by atoms with van der Waals surface area (Å²) in [6.07, 6.45) is 5.52. The molecule has 30 heavy (non-hydrogen) atoms. The van der Waals surface area contributed by atoms with E-state index in [4.69, 9.17) is 11.2 Å². The number of rotatable bonds is 5. The van der Waals surface area contributed by atoms with Crippen LogP contribution >= 0.6 is 22.7 Å². The van der Waals surface area contributed by atoms with Crippen LogP contribution in [0.1, 0.15) is 16.6 Å². The Labute approximate surface area is 179 Å². The van der Waals surface area contributed by atoms with Crippen LogP contribution in [0.3, 0.4) is 0 Å². The Morgan fingerprint density at radius 2 is 2.07 bits per heavy atom. The number of hydrogen-bond donors (Lipinski definition) is 0. The van der Waals surface area contributed by atoms with E-state index in [0.717, 1.165) is 20.7 Å².